The van der Waals surface area contributed by atoms with Crippen LogP contribution < -0.4 is 4.74 Å². The van der Waals surface area contributed by atoms with Gasteiger partial charge in [-0.2, -0.15) is 13.2 Å². The predicted molar refractivity (Wildman–Crippen MR) is 83.3 cm³/mol. The zero-order valence-corrected chi connectivity index (χ0v) is 13.2. The lowest BCUT2D eigenvalue weighted by Gasteiger charge is -2.15. The Balaban J connectivity index is 2.26. The minimum atomic E-state index is -4.40. The molecule has 0 radical (unpaired) electrons. The van der Waals surface area contributed by atoms with Crippen LogP contribution in [0.1, 0.15) is 28.2 Å². The van der Waals surface area contributed by atoms with E-state index in [1.165, 1.54) is 19.2 Å². The van der Waals surface area contributed by atoms with Gasteiger partial charge >= 0.3 is 12.1 Å². The Morgan fingerprint density at radius 2 is 1.79 bits per heavy atom. The highest BCUT2D eigenvalue weighted by atomic mass is 19.4. The molecule has 1 atom stereocenters. The molecule has 1 N–H and O–H groups in total. The predicted octanol–water partition coefficient (Wildman–Crippen LogP) is 4.43. The highest BCUT2D eigenvalue weighted by molar-refractivity contribution is 5.76. The number of methoxy groups -OCH3 is 1. The van der Waals surface area contributed by atoms with Crippen LogP contribution in [0.15, 0.2) is 42.5 Å². The van der Waals surface area contributed by atoms with Crippen LogP contribution >= 0.6 is 0 Å². The summed E-state index contributed by atoms with van der Waals surface area (Å²) < 4.78 is 42.9. The number of alkyl halides is 3. The summed E-state index contributed by atoms with van der Waals surface area (Å²) in [4.78, 5) is 11.6. The van der Waals surface area contributed by atoms with E-state index in [9.17, 15) is 23.1 Å². The highest BCUT2D eigenvalue weighted by Gasteiger charge is 2.30. The van der Waals surface area contributed by atoms with Crippen molar-refractivity contribution in [3.63, 3.8) is 0 Å². The molecule has 0 fully saturated rings. The minimum Gasteiger partial charge on any atom is -0.496 e. The standard InChI is InChI=1S/C18H17F3O3/c1-11-9-13(5-8-16(11)24-2)15(17(22)23)10-12-3-6-14(7-4-12)18(19,20)21/h3-9,15H,10H2,1-2H3,(H,22,23). The number of aryl methyl sites for hydroxylation is 1. The van der Waals surface area contributed by atoms with Gasteiger partial charge in [-0.15, -0.1) is 0 Å². The van der Waals surface area contributed by atoms with E-state index in [0.717, 1.165) is 17.7 Å². The van der Waals surface area contributed by atoms with Gasteiger partial charge < -0.3 is 9.84 Å². The van der Waals surface area contributed by atoms with Gasteiger partial charge in [0.1, 0.15) is 5.75 Å². The number of hydrogen-bond acceptors (Lipinski definition) is 2. The van der Waals surface area contributed by atoms with E-state index in [4.69, 9.17) is 4.74 Å². The lowest BCUT2D eigenvalue weighted by Crippen LogP contribution is -2.15. The normalized spacial score (nSPS) is 12.7. The number of ether oxygens (including phenoxy) is 1. The van der Waals surface area contributed by atoms with Gasteiger partial charge in [-0.3, -0.25) is 4.79 Å². The van der Waals surface area contributed by atoms with Crippen LogP contribution in [-0.4, -0.2) is 18.2 Å². The molecule has 0 spiro atoms. The molecule has 0 aliphatic heterocycles. The third kappa shape index (κ3) is 4.07. The molecule has 1 unspecified atom stereocenters. The van der Waals surface area contributed by atoms with Gasteiger partial charge in [0.05, 0.1) is 18.6 Å². The molecule has 24 heavy (non-hydrogen) atoms. The third-order valence-corrected chi connectivity index (χ3v) is 3.84. The maximum atomic E-state index is 12.6. The second kappa shape index (κ2) is 6.95. The third-order valence-electron chi connectivity index (χ3n) is 3.84. The molecule has 0 aliphatic carbocycles. The maximum absolute atomic E-state index is 12.6. The Bertz CT molecular complexity index is 721. The summed E-state index contributed by atoms with van der Waals surface area (Å²) in [5.74, 6) is -1.22. The van der Waals surface area contributed by atoms with Crippen molar-refractivity contribution in [3.05, 3.63) is 64.7 Å². The molecule has 0 aromatic heterocycles. The largest absolute Gasteiger partial charge is 0.496 e. The smallest absolute Gasteiger partial charge is 0.416 e. The number of hydrogen-bond donors (Lipinski definition) is 1. The topological polar surface area (TPSA) is 46.5 Å². The van der Waals surface area contributed by atoms with Crippen molar-refractivity contribution < 1.29 is 27.8 Å². The maximum Gasteiger partial charge on any atom is 0.416 e. The Hall–Kier alpha value is -2.50. The lowest BCUT2D eigenvalue weighted by molar-refractivity contribution is -0.139. The van der Waals surface area contributed by atoms with Crippen molar-refractivity contribution in [3.8, 4) is 5.75 Å². The SMILES string of the molecule is COc1ccc(C(Cc2ccc(C(F)(F)F)cc2)C(=O)O)cc1C. The van der Waals surface area contributed by atoms with Crippen LogP contribution in [0.5, 0.6) is 5.75 Å². The summed E-state index contributed by atoms with van der Waals surface area (Å²) in [5.41, 5.74) is 1.16. The number of benzene rings is 2. The van der Waals surface area contributed by atoms with Crippen molar-refractivity contribution in [2.45, 2.75) is 25.4 Å². The number of carboxylic acids is 1. The second-order valence-electron chi connectivity index (χ2n) is 5.52. The van der Waals surface area contributed by atoms with Gasteiger partial charge in [0.15, 0.2) is 0 Å². The Kier molecular flexibility index (Phi) is 5.17. The first-order valence-electron chi connectivity index (χ1n) is 7.26. The molecule has 0 heterocycles. The second-order valence-corrected chi connectivity index (χ2v) is 5.52. The van der Waals surface area contributed by atoms with E-state index >= 15 is 0 Å². The molecular weight excluding hydrogens is 321 g/mol. The first-order chi connectivity index (χ1) is 11.2. The number of halogens is 3. The van der Waals surface area contributed by atoms with E-state index in [-0.39, 0.29) is 6.42 Å². The lowest BCUT2D eigenvalue weighted by atomic mass is 9.90. The molecule has 2 rings (SSSR count). The summed E-state index contributed by atoms with van der Waals surface area (Å²) >= 11 is 0. The highest BCUT2D eigenvalue weighted by Crippen LogP contribution is 2.31. The van der Waals surface area contributed by atoms with Crippen molar-refractivity contribution in [2.75, 3.05) is 7.11 Å². The van der Waals surface area contributed by atoms with Gasteiger partial charge in [0, 0.05) is 0 Å². The van der Waals surface area contributed by atoms with Crippen molar-refractivity contribution in [1.82, 2.24) is 0 Å². The first-order valence-corrected chi connectivity index (χ1v) is 7.26. The quantitative estimate of drug-likeness (QED) is 0.877. The summed E-state index contributed by atoms with van der Waals surface area (Å²) in [6, 6.07) is 9.63. The number of carbonyl (C=O) groups is 1. The van der Waals surface area contributed by atoms with Crippen LogP contribution in [0.25, 0.3) is 0 Å². The fraction of sp³-hybridized carbons (Fsp3) is 0.278. The molecule has 0 amide bonds. The van der Waals surface area contributed by atoms with Crippen LogP contribution in [-0.2, 0) is 17.4 Å². The van der Waals surface area contributed by atoms with E-state index in [2.05, 4.69) is 0 Å². The van der Waals surface area contributed by atoms with Gasteiger partial charge in [-0.1, -0.05) is 24.3 Å². The van der Waals surface area contributed by atoms with Gasteiger partial charge in [-0.25, -0.2) is 0 Å². The Labute approximate surface area is 137 Å². The monoisotopic (exact) mass is 338 g/mol. The van der Waals surface area contributed by atoms with Gasteiger partial charge in [-0.05, 0) is 48.2 Å². The van der Waals surface area contributed by atoms with Crippen LogP contribution in [0, 0.1) is 6.92 Å². The molecule has 2 aromatic rings. The number of rotatable bonds is 5. The molecule has 3 nitrogen and oxygen atoms in total. The summed E-state index contributed by atoms with van der Waals surface area (Å²) in [7, 11) is 1.53. The summed E-state index contributed by atoms with van der Waals surface area (Å²) in [5, 5.41) is 9.48. The van der Waals surface area contributed by atoms with Crippen molar-refractivity contribution >= 4 is 5.97 Å². The van der Waals surface area contributed by atoms with Crippen LogP contribution in [0.2, 0.25) is 0 Å². The van der Waals surface area contributed by atoms with E-state index in [1.54, 1.807) is 25.1 Å². The van der Waals surface area contributed by atoms with E-state index < -0.39 is 23.6 Å². The minimum absolute atomic E-state index is 0.110. The van der Waals surface area contributed by atoms with Gasteiger partial charge in [0.2, 0.25) is 0 Å². The molecule has 6 heteroatoms. The number of aliphatic carboxylic acids is 1. The molecule has 2 aromatic carbocycles. The van der Waals surface area contributed by atoms with Gasteiger partial charge in [0.25, 0.3) is 0 Å². The molecule has 0 saturated carbocycles. The zero-order chi connectivity index (χ0) is 17.9. The molecule has 0 bridgehead atoms. The average molecular weight is 338 g/mol. The van der Waals surface area contributed by atoms with E-state index in [1.807, 2.05) is 0 Å². The Morgan fingerprint density at radius 3 is 2.25 bits per heavy atom. The van der Waals surface area contributed by atoms with Crippen molar-refractivity contribution in [2.24, 2.45) is 0 Å². The summed E-state index contributed by atoms with van der Waals surface area (Å²) in [6.07, 6.45) is -4.29. The van der Waals surface area contributed by atoms with Crippen molar-refractivity contribution in [1.29, 1.82) is 0 Å². The fourth-order valence-corrected chi connectivity index (χ4v) is 2.53. The summed E-state index contributed by atoms with van der Waals surface area (Å²) in [6.45, 7) is 1.80. The van der Waals surface area contributed by atoms with E-state index in [0.29, 0.717) is 16.9 Å². The zero-order valence-electron chi connectivity index (χ0n) is 13.2. The molecule has 0 saturated heterocycles. The fourth-order valence-electron chi connectivity index (χ4n) is 2.53. The first kappa shape index (κ1) is 17.8. The average Bonchev–Trinajstić information content (AvgIpc) is 2.52. The van der Waals surface area contributed by atoms with Crippen LogP contribution in [0.3, 0.4) is 0 Å². The number of carboxylic acid groups (broad SMARTS) is 1. The van der Waals surface area contributed by atoms with Crippen LogP contribution in [0.4, 0.5) is 13.2 Å². The molecular formula is C18H17F3O3. The Morgan fingerprint density at radius 1 is 1.17 bits per heavy atom. The molecule has 128 valence electrons. The molecule has 0 aliphatic rings.